The molecule has 0 aromatic carbocycles. The second kappa shape index (κ2) is 5.60. The average Bonchev–Trinajstić information content (AvgIpc) is 2.42. The van der Waals surface area contributed by atoms with E-state index >= 15 is 0 Å². The van der Waals surface area contributed by atoms with Crippen molar-refractivity contribution in [3.05, 3.63) is 27.9 Å². The minimum atomic E-state index is -0.342. The second-order valence-corrected chi connectivity index (χ2v) is 6.33. The van der Waals surface area contributed by atoms with Crippen molar-refractivity contribution in [3.63, 3.8) is 0 Å². The summed E-state index contributed by atoms with van der Waals surface area (Å²) < 4.78 is 0. The van der Waals surface area contributed by atoms with Crippen molar-refractivity contribution in [2.24, 2.45) is 0 Å². The van der Waals surface area contributed by atoms with E-state index in [0.29, 0.717) is 29.5 Å². The highest BCUT2D eigenvalue weighted by atomic mass is 16.6. The maximum atomic E-state index is 11.0. The molecule has 2 fully saturated rings. The van der Waals surface area contributed by atoms with E-state index in [9.17, 15) is 10.1 Å². The summed E-state index contributed by atoms with van der Waals surface area (Å²) in [7, 11) is 2.22. The summed E-state index contributed by atoms with van der Waals surface area (Å²) in [5.41, 5.74) is 0.742. The Kier molecular flexibility index (Phi) is 3.80. The Morgan fingerprint density at radius 2 is 2.05 bits per heavy atom. The standard InChI is InChI=1S/C15H22N4O2/c1-10-9-16-15(8-14(10)19(20)21)17-11-6-12-4-3-5-13(7-11)18(12)2/h8-9,11-13H,3-7H2,1-2H3,(H,16,17). The Bertz CT molecular complexity index is 534. The van der Waals surface area contributed by atoms with E-state index in [1.165, 1.54) is 19.3 Å². The van der Waals surface area contributed by atoms with Gasteiger partial charge < -0.3 is 10.2 Å². The number of pyridine rings is 1. The molecular formula is C15H22N4O2. The van der Waals surface area contributed by atoms with Crippen molar-refractivity contribution in [3.8, 4) is 0 Å². The van der Waals surface area contributed by atoms with Crippen molar-refractivity contribution in [2.75, 3.05) is 12.4 Å². The lowest BCUT2D eigenvalue weighted by atomic mass is 9.82. The van der Waals surface area contributed by atoms with Crippen molar-refractivity contribution in [2.45, 2.75) is 57.2 Å². The maximum Gasteiger partial charge on any atom is 0.277 e. The van der Waals surface area contributed by atoms with E-state index in [2.05, 4.69) is 22.2 Å². The third-order valence-corrected chi connectivity index (χ3v) is 4.96. The van der Waals surface area contributed by atoms with Crippen LogP contribution >= 0.6 is 0 Å². The lowest BCUT2D eigenvalue weighted by Crippen LogP contribution is -2.52. The smallest absolute Gasteiger partial charge is 0.277 e. The van der Waals surface area contributed by atoms with Gasteiger partial charge in [0.25, 0.3) is 5.69 Å². The molecule has 3 rings (SSSR count). The van der Waals surface area contributed by atoms with E-state index < -0.39 is 0 Å². The van der Waals surface area contributed by atoms with Crippen molar-refractivity contribution in [1.82, 2.24) is 9.88 Å². The normalized spacial score (nSPS) is 29.1. The molecular weight excluding hydrogens is 268 g/mol. The van der Waals surface area contributed by atoms with Crippen LogP contribution in [0.2, 0.25) is 0 Å². The van der Waals surface area contributed by atoms with E-state index in [1.54, 1.807) is 19.2 Å². The molecule has 0 amide bonds. The van der Waals surface area contributed by atoms with Crippen molar-refractivity contribution < 1.29 is 4.92 Å². The number of nitro groups is 1. The Hall–Kier alpha value is -1.69. The fourth-order valence-electron chi connectivity index (χ4n) is 3.73. The number of anilines is 1. The van der Waals surface area contributed by atoms with Crippen LogP contribution in [0.1, 0.15) is 37.7 Å². The fourth-order valence-corrected chi connectivity index (χ4v) is 3.73. The van der Waals surface area contributed by atoms with Gasteiger partial charge >= 0.3 is 0 Å². The molecule has 1 N–H and O–H groups in total. The number of nitrogens with one attached hydrogen (secondary N) is 1. The van der Waals surface area contributed by atoms with Gasteiger partial charge in [0.05, 0.1) is 11.0 Å². The summed E-state index contributed by atoms with van der Waals surface area (Å²) in [4.78, 5) is 17.5. The monoisotopic (exact) mass is 290 g/mol. The molecule has 2 unspecified atom stereocenters. The molecule has 2 bridgehead atoms. The molecule has 0 spiro atoms. The van der Waals surface area contributed by atoms with Crippen LogP contribution in [-0.2, 0) is 0 Å². The molecule has 1 aromatic rings. The Labute approximate surface area is 124 Å². The number of fused-ring (bicyclic) bond motifs is 2. The summed E-state index contributed by atoms with van der Waals surface area (Å²) in [6.07, 6.45) is 7.60. The van der Waals surface area contributed by atoms with E-state index in [4.69, 9.17) is 0 Å². The minimum absolute atomic E-state index is 0.139. The second-order valence-electron chi connectivity index (χ2n) is 6.33. The topological polar surface area (TPSA) is 71.3 Å². The molecule has 3 heterocycles. The molecule has 2 atom stereocenters. The molecule has 6 heteroatoms. The van der Waals surface area contributed by atoms with Crippen LogP contribution in [0.25, 0.3) is 0 Å². The molecule has 0 aliphatic carbocycles. The van der Waals surface area contributed by atoms with Crippen LogP contribution in [0.5, 0.6) is 0 Å². The molecule has 6 nitrogen and oxygen atoms in total. The highest BCUT2D eigenvalue weighted by Crippen LogP contribution is 2.34. The number of hydrogen-bond donors (Lipinski definition) is 1. The number of aromatic nitrogens is 1. The van der Waals surface area contributed by atoms with E-state index in [1.807, 2.05) is 0 Å². The fraction of sp³-hybridized carbons (Fsp3) is 0.667. The first kappa shape index (κ1) is 14.3. The first-order valence-electron chi connectivity index (χ1n) is 7.64. The summed E-state index contributed by atoms with van der Waals surface area (Å²) in [6.45, 7) is 1.72. The summed E-state index contributed by atoms with van der Waals surface area (Å²) in [5, 5.41) is 14.4. The van der Waals surface area contributed by atoms with E-state index in [-0.39, 0.29) is 10.6 Å². The molecule has 0 radical (unpaired) electrons. The minimum Gasteiger partial charge on any atom is -0.367 e. The van der Waals surface area contributed by atoms with Gasteiger partial charge in [-0.1, -0.05) is 6.42 Å². The molecule has 21 heavy (non-hydrogen) atoms. The van der Waals surface area contributed by atoms with Crippen LogP contribution in [0.3, 0.4) is 0 Å². The zero-order chi connectivity index (χ0) is 15.0. The SMILES string of the molecule is Cc1cnc(NC2CC3CCCC(C2)N3C)cc1[N+](=O)[O-]. The number of hydrogen-bond acceptors (Lipinski definition) is 5. The lowest BCUT2D eigenvalue weighted by molar-refractivity contribution is -0.385. The first-order chi connectivity index (χ1) is 10.0. The first-order valence-corrected chi connectivity index (χ1v) is 7.64. The molecule has 2 aliphatic heterocycles. The third-order valence-electron chi connectivity index (χ3n) is 4.96. The van der Waals surface area contributed by atoms with Gasteiger partial charge in [-0.15, -0.1) is 0 Å². The molecule has 1 aromatic heterocycles. The predicted octanol–water partition coefficient (Wildman–Crippen LogP) is 2.73. The van der Waals surface area contributed by atoms with Crippen LogP contribution in [0.15, 0.2) is 12.3 Å². The van der Waals surface area contributed by atoms with Gasteiger partial charge in [-0.05, 0) is 39.7 Å². The molecule has 2 aliphatic rings. The van der Waals surface area contributed by atoms with Gasteiger partial charge in [0.15, 0.2) is 0 Å². The van der Waals surface area contributed by atoms with Crippen LogP contribution < -0.4 is 5.32 Å². The van der Waals surface area contributed by atoms with Gasteiger partial charge in [0, 0.05) is 29.9 Å². The van der Waals surface area contributed by atoms with Gasteiger partial charge in [-0.25, -0.2) is 4.98 Å². The van der Waals surface area contributed by atoms with Gasteiger partial charge in [0.2, 0.25) is 0 Å². The highest BCUT2D eigenvalue weighted by Gasteiger charge is 2.36. The Morgan fingerprint density at radius 3 is 2.67 bits per heavy atom. The predicted molar refractivity (Wildman–Crippen MR) is 81.5 cm³/mol. The van der Waals surface area contributed by atoms with Crippen LogP contribution in [-0.4, -0.2) is 40.0 Å². The van der Waals surface area contributed by atoms with Crippen LogP contribution in [0.4, 0.5) is 11.5 Å². The number of nitrogens with zero attached hydrogens (tertiary/aromatic N) is 3. The van der Waals surface area contributed by atoms with Gasteiger partial charge in [-0.3, -0.25) is 10.1 Å². The largest absolute Gasteiger partial charge is 0.367 e. The lowest BCUT2D eigenvalue weighted by Gasteiger charge is -2.47. The van der Waals surface area contributed by atoms with Gasteiger partial charge in [0.1, 0.15) is 5.82 Å². The third kappa shape index (κ3) is 2.85. The summed E-state index contributed by atoms with van der Waals surface area (Å²) in [6, 6.07) is 3.20. The molecule has 114 valence electrons. The Balaban J connectivity index is 1.72. The number of aryl methyl sites for hydroxylation is 1. The number of piperidine rings is 2. The van der Waals surface area contributed by atoms with Crippen molar-refractivity contribution >= 4 is 11.5 Å². The highest BCUT2D eigenvalue weighted by molar-refractivity contribution is 5.49. The molecule has 2 saturated heterocycles. The summed E-state index contributed by atoms with van der Waals surface area (Å²) in [5.74, 6) is 0.625. The quantitative estimate of drug-likeness (QED) is 0.684. The number of rotatable bonds is 3. The van der Waals surface area contributed by atoms with Crippen LogP contribution in [0, 0.1) is 17.0 Å². The average molecular weight is 290 g/mol. The van der Waals surface area contributed by atoms with Gasteiger partial charge in [-0.2, -0.15) is 0 Å². The zero-order valence-electron chi connectivity index (χ0n) is 12.6. The Morgan fingerprint density at radius 1 is 1.38 bits per heavy atom. The zero-order valence-corrected chi connectivity index (χ0v) is 12.6. The van der Waals surface area contributed by atoms with Crippen molar-refractivity contribution in [1.29, 1.82) is 0 Å². The van der Waals surface area contributed by atoms with E-state index in [0.717, 1.165) is 12.8 Å². The molecule has 0 saturated carbocycles. The summed E-state index contributed by atoms with van der Waals surface area (Å²) >= 11 is 0. The maximum absolute atomic E-state index is 11.0.